The summed E-state index contributed by atoms with van der Waals surface area (Å²) in [7, 11) is 0. The summed E-state index contributed by atoms with van der Waals surface area (Å²) in [6, 6.07) is 5.90. The van der Waals surface area contributed by atoms with E-state index in [-0.39, 0.29) is 5.54 Å². The Bertz CT molecular complexity index is 439. The summed E-state index contributed by atoms with van der Waals surface area (Å²) in [5.41, 5.74) is 0.438. The number of aliphatic hydroxyl groups is 1. The van der Waals surface area contributed by atoms with Crippen LogP contribution in [-0.2, 0) is 6.54 Å². The Hall–Kier alpha value is -0.580. The molecule has 0 heterocycles. The van der Waals surface area contributed by atoms with Crippen molar-refractivity contribution in [1.82, 2.24) is 5.32 Å². The van der Waals surface area contributed by atoms with Crippen molar-refractivity contribution < 1.29 is 9.84 Å². The molecule has 4 heteroatoms. The molecule has 0 amide bonds. The number of benzene rings is 1. The van der Waals surface area contributed by atoms with Gasteiger partial charge in [0.15, 0.2) is 0 Å². The molecular formula is C16H26BrNO2. The van der Waals surface area contributed by atoms with Crippen molar-refractivity contribution in [2.75, 3.05) is 6.61 Å². The lowest BCUT2D eigenvalue weighted by Crippen LogP contribution is -2.35. The smallest absolute Gasteiger partial charge is 0.119 e. The Labute approximate surface area is 130 Å². The van der Waals surface area contributed by atoms with Gasteiger partial charge in [-0.2, -0.15) is 0 Å². The third-order valence-corrected chi connectivity index (χ3v) is 3.91. The number of nitrogens with one attached hydrogen (secondary N) is 1. The van der Waals surface area contributed by atoms with Gasteiger partial charge in [-0.1, -0.05) is 22.9 Å². The van der Waals surface area contributed by atoms with Crippen LogP contribution >= 0.6 is 15.9 Å². The molecule has 0 fully saturated rings. The van der Waals surface area contributed by atoms with Crippen molar-refractivity contribution in [3.8, 4) is 5.75 Å². The van der Waals surface area contributed by atoms with E-state index in [0.717, 1.165) is 22.3 Å². The zero-order valence-corrected chi connectivity index (χ0v) is 14.7. The number of hydrogen-bond acceptors (Lipinski definition) is 3. The van der Waals surface area contributed by atoms with Crippen molar-refractivity contribution in [3.63, 3.8) is 0 Å². The summed E-state index contributed by atoms with van der Waals surface area (Å²) < 4.78 is 6.75. The van der Waals surface area contributed by atoms with Crippen LogP contribution in [0, 0.1) is 0 Å². The fraction of sp³-hybridized carbons (Fsp3) is 0.625. The minimum absolute atomic E-state index is 0.0716. The first-order valence-electron chi connectivity index (χ1n) is 7.01. The largest absolute Gasteiger partial charge is 0.491 e. The zero-order valence-electron chi connectivity index (χ0n) is 13.1. The molecule has 0 radical (unpaired) electrons. The summed E-state index contributed by atoms with van der Waals surface area (Å²) in [5, 5.41) is 13.4. The van der Waals surface area contributed by atoms with Gasteiger partial charge in [0.05, 0.1) is 5.60 Å². The third kappa shape index (κ3) is 6.25. The molecule has 0 spiro atoms. The van der Waals surface area contributed by atoms with Crippen molar-refractivity contribution >= 4 is 15.9 Å². The average Bonchev–Trinajstić information content (AvgIpc) is 2.35. The highest BCUT2D eigenvalue weighted by atomic mass is 79.9. The maximum Gasteiger partial charge on any atom is 0.119 e. The van der Waals surface area contributed by atoms with Gasteiger partial charge >= 0.3 is 0 Å². The molecule has 1 aromatic carbocycles. The molecule has 2 N–H and O–H groups in total. The summed E-state index contributed by atoms with van der Waals surface area (Å²) in [6.07, 6.45) is 0.669. The maximum absolute atomic E-state index is 9.97. The molecule has 114 valence electrons. The lowest BCUT2D eigenvalue weighted by Gasteiger charge is -2.23. The van der Waals surface area contributed by atoms with Gasteiger partial charge in [0, 0.05) is 16.6 Å². The average molecular weight is 344 g/mol. The van der Waals surface area contributed by atoms with Gasteiger partial charge in [-0.25, -0.2) is 0 Å². The lowest BCUT2D eigenvalue weighted by molar-refractivity contribution is 0.00844. The highest BCUT2D eigenvalue weighted by Gasteiger charge is 2.18. The summed E-state index contributed by atoms with van der Waals surface area (Å²) in [4.78, 5) is 0. The Morgan fingerprint density at radius 1 is 1.25 bits per heavy atom. The maximum atomic E-state index is 9.97. The second-order valence-electron chi connectivity index (χ2n) is 6.50. The van der Waals surface area contributed by atoms with Crippen LogP contribution in [0.1, 0.15) is 46.6 Å². The second-order valence-corrected chi connectivity index (χ2v) is 7.35. The molecule has 0 bridgehead atoms. The normalized spacial score (nSPS) is 14.9. The van der Waals surface area contributed by atoms with E-state index in [2.05, 4.69) is 42.0 Å². The van der Waals surface area contributed by atoms with Gasteiger partial charge in [-0.05, 0) is 57.9 Å². The molecular weight excluding hydrogens is 318 g/mol. The molecule has 0 aliphatic heterocycles. The summed E-state index contributed by atoms with van der Waals surface area (Å²) in [5.74, 6) is 0.785. The monoisotopic (exact) mass is 343 g/mol. The van der Waals surface area contributed by atoms with Gasteiger partial charge in [0.25, 0.3) is 0 Å². The molecule has 1 atom stereocenters. The first-order valence-corrected chi connectivity index (χ1v) is 7.81. The lowest BCUT2D eigenvalue weighted by atomic mass is 10.1. The van der Waals surface area contributed by atoms with Gasteiger partial charge < -0.3 is 15.2 Å². The van der Waals surface area contributed by atoms with E-state index >= 15 is 0 Å². The molecule has 0 aromatic heterocycles. The van der Waals surface area contributed by atoms with Crippen LogP contribution in [0.2, 0.25) is 0 Å². The van der Waals surface area contributed by atoms with E-state index in [1.165, 1.54) is 0 Å². The molecule has 0 aliphatic carbocycles. The molecule has 1 unspecified atom stereocenters. The van der Waals surface area contributed by atoms with Crippen LogP contribution in [0.25, 0.3) is 0 Å². The van der Waals surface area contributed by atoms with E-state index in [1.807, 2.05) is 25.1 Å². The standard InChI is InChI=1S/C16H26BrNO2/c1-6-16(5,19)11-20-13-7-8-14(17)12(9-13)10-18-15(2,3)4/h7-9,18-19H,6,10-11H2,1-5H3. The van der Waals surface area contributed by atoms with E-state index < -0.39 is 5.60 Å². The highest BCUT2D eigenvalue weighted by Crippen LogP contribution is 2.24. The molecule has 1 rings (SSSR count). The predicted molar refractivity (Wildman–Crippen MR) is 87.1 cm³/mol. The van der Waals surface area contributed by atoms with Crippen molar-refractivity contribution in [2.45, 2.75) is 58.7 Å². The van der Waals surface area contributed by atoms with Crippen LogP contribution in [0.4, 0.5) is 0 Å². The number of halogens is 1. The molecule has 0 saturated heterocycles. The van der Waals surface area contributed by atoms with Crippen LogP contribution < -0.4 is 10.1 Å². The first kappa shape index (κ1) is 17.5. The number of hydrogen-bond donors (Lipinski definition) is 2. The molecule has 20 heavy (non-hydrogen) atoms. The molecule has 0 aliphatic rings. The fourth-order valence-electron chi connectivity index (χ4n) is 1.48. The minimum Gasteiger partial charge on any atom is -0.491 e. The number of ether oxygens (including phenoxy) is 1. The Kier molecular flexibility index (Phi) is 6.05. The SMILES string of the molecule is CCC(C)(O)COc1ccc(Br)c(CNC(C)(C)C)c1. The van der Waals surface area contributed by atoms with Crippen molar-refractivity contribution in [2.24, 2.45) is 0 Å². The van der Waals surface area contributed by atoms with Crippen molar-refractivity contribution in [1.29, 1.82) is 0 Å². The van der Waals surface area contributed by atoms with E-state index in [9.17, 15) is 5.11 Å². The van der Waals surface area contributed by atoms with Crippen LogP contribution in [0.5, 0.6) is 5.75 Å². The summed E-state index contributed by atoms with van der Waals surface area (Å²) >= 11 is 3.56. The predicted octanol–water partition coefficient (Wildman–Crippen LogP) is 3.88. The zero-order chi connectivity index (χ0) is 15.4. The fourth-order valence-corrected chi connectivity index (χ4v) is 1.86. The van der Waals surface area contributed by atoms with E-state index in [1.54, 1.807) is 6.92 Å². The van der Waals surface area contributed by atoms with E-state index in [4.69, 9.17) is 4.74 Å². The third-order valence-electron chi connectivity index (χ3n) is 3.14. The summed E-state index contributed by atoms with van der Waals surface area (Å²) in [6.45, 7) is 11.2. The van der Waals surface area contributed by atoms with Crippen LogP contribution in [0.3, 0.4) is 0 Å². The molecule has 0 saturated carbocycles. The first-order chi connectivity index (χ1) is 9.13. The van der Waals surface area contributed by atoms with Crippen molar-refractivity contribution in [3.05, 3.63) is 28.2 Å². The highest BCUT2D eigenvalue weighted by molar-refractivity contribution is 9.10. The quantitative estimate of drug-likeness (QED) is 0.823. The topological polar surface area (TPSA) is 41.5 Å². The van der Waals surface area contributed by atoms with Gasteiger partial charge in [-0.3, -0.25) is 0 Å². The van der Waals surface area contributed by atoms with Crippen LogP contribution in [0.15, 0.2) is 22.7 Å². The van der Waals surface area contributed by atoms with Gasteiger partial charge in [0.1, 0.15) is 12.4 Å². The Morgan fingerprint density at radius 3 is 2.45 bits per heavy atom. The van der Waals surface area contributed by atoms with Crippen LogP contribution in [-0.4, -0.2) is 22.9 Å². The van der Waals surface area contributed by atoms with Gasteiger partial charge in [-0.15, -0.1) is 0 Å². The molecule has 1 aromatic rings. The second kappa shape index (κ2) is 6.92. The molecule has 3 nitrogen and oxygen atoms in total. The Morgan fingerprint density at radius 2 is 1.90 bits per heavy atom. The number of rotatable bonds is 6. The minimum atomic E-state index is -0.781. The Balaban J connectivity index is 2.71. The van der Waals surface area contributed by atoms with Gasteiger partial charge in [0.2, 0.25) is 0 Å². The van der Waals surface area contributed by atoms with E-state index in [0.29, 0.717) is 13.0 Å².